The fraction of sp³-hybridized carbons (Fsp3) is 0.278. The Hall–Kier alpha value is -2.72. The van der Waals surface area contributed by atoms with Crippen LogP contribution in [0.5, 0.6) is 0 Å². The molecule has 0 aliphatic heterocycles. The molecule has 0 atom stereocenters. The van der Waals surface area contributed by atoms with Crippen LogP contribution in [0.2, 0.25) is 0 Å². The Bertz CT molecular complexity index is 1010. The van der Waals surface area contributed by atoms with Gasteiger partial charge in [-0.3, -0.25) is 9.78 Å². The summed E-state index contributed by atoms with van der Waals surface area (Å²) in [5.41, 5.74) is 2.12. The second-order valence-corrected chi connectivity index (χ2v) is 8.08. The molecule has 0 saturated heterocycles. The third kappa shape index (κ3) is 4.07. The van der Waals surface area contributed by atoms with Gasteiger partial charge in [0.25, 0.3) is 0 Å². The highest BCUT2D eigenvalue weighted by molar-refractivity contribution is 7.99. The van der Waals surface area contributed by atoms with Gasteiger partial charge in [0.15, 0.2) is 11.0 Å². The first-order chi connectivity index (χ1) is 13.4. The van der Waals surface area contributed by atoms with Gasteiger partial charge in [-0.15, -0.1) is 21.5 Å². The van der Waals surface area contributed by atoms with E-state index in [0.29, 0.717) is 21.5 Å². The summed E-state index contributed by atoms with van der Waals surface area (Å²) in [5.74, 6) is 0.145. The molecule has 0 bridgehead atoms. The van der Waals surface area contributed by atoms with Gasteiger partial charge < -0.3 is 14.6 Å². The summed E-state index contributed by atoms with van der Waals surface area (Å²) in [7, 11) is 3.17. The number of aryl methyl sites for hydroxylation is 1. The molecular formula is C18H19N5O3S2. The second kappa shape index (κ2) is 8.53. The molecule has 0 aliphatic carbocycles. The van der Waals surface area contributed by atoms with Crippen molar-refractivity contribution < 1.29 is 14.3 Å². The number of hydrogen-bond donors (Lipinski definition) is 1. The monoisotopic (exact) mass is 417 g/mol. The summed E-state index contributed by atoms with van der Waals surface area (Å²) >= 11 is 2.63. The molecule has 0 radical (unpaired) electrons. The zero-order valence-corrected chi connectivity index (χ0v) is 17.5. The Morgan fingerprint density at radius 3 is 2.64 bits per heavy atom. The summed E-state index contributed by atoms with van der Waals surface area (Å²) in [6, 6.07) is 3.70. The molecule has 0 spiro atoms. The van der Waals surface area contributed by atoms with E-state index in [2.05, 4.69) is 20.5 Å². The lowest BCUT2D eigenvalue weighted by molar-refractivity contribution is -0.113. The van der Waals surface area contributed by atoms with Crippen LogP contribution in [0.4, 0.5) is 5.00 Å². The summed E-state index contributed by atoms with van der Waals surface area (Å²) in [6.45, 7) is 3.74. The molecule has 0 aromatic carbocycles. The topological polar surface area (TPSA) is 99.0 Å². The van der Waals surface area contributed by atoms with E-state index < -0.39 is 5.97 Å². The fourth-order valence-electron chi connectivity index (χ4n) is 2.55. The number of thiophene rings is 1. The predicted molar refractivity (Wildman–Crippen MR) is 109 cm³/mol. The fourth-order valence-corrected chi connectivity index (χ4v) is 4.32. The number of nitrogens with one attached hydrogen (secondary N) is 1. The van der Waals surface area contributed by atoms with Crippen molar-refractivity contribution in [3.05, 3.63) is 40.5 Å². The summed E-state index contributed by atoms with van der Waals surface area (Å²) in [4.78, 5) is 29.4. The van der Waals surface area contributed by atoms with E-state index in [9.17, 15) is 9.59 Å². The van der Waals surface area contributed by atoms with Gasteiger partial charge in [0.05, 0.1) is 18.4 Å². The van der Waals surface area contributed by atoms with Crippen LogP contribution in [0.1, 0.15) is 20.8 Å². The highest BCUT2D eigenvalue weighted by atomic mass is 32.2. The van der Waals surface area contributed by atoms with Crippen LogP contribution >= 0.6 is 23.1 Å². The number of pyridine rings is 1. The molecule has 28 heavy (non-hydrogen) atoms. The maximum atomic E-state index is 12.4. The third-order valence-electron chi connectivity index (χ3n) is 4.13. The van der Waals surface area contributed by atoms with Crippen molar-refractivity contribution in [2.24, 2.45) is 7.05 Å². The molecule has 0 aliphatic rings. The third-order valence-corrected chi connectivity index (χ3v) is 6.28. The molecular weight excluding hydrogens is 398 g/mol. The Morgan fingerprint density at radius 1 is 1.25 bits per heavy atom. The molecule has 146 valence electrons. The van der Waals surface area contributed by atoms with Crippen LogP contribution < -0.4 is 5.32 Å². The molecule has 1 N–H and O–H groups in total. The molecule has 0 unspecified atom stereocenters. The van der Waals surface area contributed by atoms with Crippen molar-refractivity contribution in [2.45, 2.75) is 19.0 Å². The average Bonchev–Trinajstić information content (AvgIpc) is 3.19. The molecule has 3 heterocycles. The molecule has 3 aromatic heterocycles. The lowest BCUT2D eigenvalue weighted by Gasteiger charge is -2.06. The van der Waals surface area contributed by atoms with Crippen LogP contribution in [0.25, 0.3) is 11.4 Å². The minimum atomic E-state index is -0.458. The summed E-state index contributed by atoms with van der Waals surface area (Å²) < 4.78 is 6.65. The quantitative estimate of drug-likeness (QED) is 0.486. The van der Waals surface area contributed by atoms with Crippen LogP contribution in [0, 0.1) is 13.8 Å². The van der Waals surface area contributed by atoms with Crippen molar-refractivity contribution >= 4 is 40.0 Å². The summed E-state index contributed by atoms with van der Waals surface area (Å²) in [5, 5.41) is 12.3. The van der Waals surface area contributed by atoms with E-state index in [0.717, 1.165) is 16.0 Å². The highest BCUT2D eigenvalue weighted by Crippen LogP contribution is 2.33. The largest absolute Gasteiger partial charge is 0.465 e. The first-order valence-corrected chi connectivity index (χ1v) is 10.1. The minimum absolute atomic E-state index is 0.138. The molecule has 1 amide bonds. The number of nitrogens with zero attached hydrogens (tertiary/aromatic N) is 4. The van der Waals surface area contributed by atoms with Crippen molar-refractivity contribution in [3.8, 4) is 11.4 Å². The van der Waals surface area contributed by atoms with Gasteiger partial charge in [0.2, 0.25) is 5.91 Å². The predicted octanol–water partition coefficient (Wildman–Crippen LogP) is 3.07. The van der Waals surface area contributed by atoms with Gasteiger partial charge >= 0.3 is 5.97 Å². The number of carbonyl (C=O) groups is 2. The molecule has 10 heteroatoms. The number of thioether (sulfide) groups is 1. The second-order valence-electron chi connectivity index (χ2n) is 5.92. The number of ether oxygens (including phenoxy) is 1. The van der Waals surface area contributed by atoms with E-state index >= 15 is 0 Å². The smallest absolute Gasteiger partial charge is 0.341 e. The minimum Gasteiger partial charge on any atom is -0.465 e. The maximum Gasteiger partial charge on any atom is 0.341 e. The van der Waals surface area contributed by atoms with Gasteiger partial charge in [0.1, 0.15) is 5.00 Å². The van der Waals surface area contributed by atoms with Gasteiger partial charge in [0, 0.05) is 29.9 Å². The Morgan fingerprint density at radius 2 is 1.96 bits per heavy atom. The normalized spacial score (nSPS) is 10.7. The van der Waals surface area contributed by atoms with Crippen molar-refractivity contribution in [2.75, 3.05) is 18.2 Å². The van der Waals surface area contributed by atoms with Crippen LogP contribution in [0.3, 0.4) is 0 Å². The lowest BCUT2D eigenvalue weighted by atomic mass is 10.1. The Kier molecular flexibility index (Phi) is 6.10. The van der Waals surface area contributed by atoms with Crippen LogP contribution in [0.15, 0.2) is 29.7 Å². The lowest BCUT2D eigenvalue weighted by Crippen LogP contribution is -2.16. The van der Waals surface area contributed by atoms with Gasteiger partial charge in [-0.1, -0.05) is 11.8 Å². The van der Waals surface area contributed by atoms with E-state index in [1.54, 1.807) is 12.4 Å². The Balaban J connectivity index is 1.69. The van der Waals surface area contributed by atoms with Gasteiger partial charge in [-0.05, 0) is 31.5 Å². The standard InChI is InChI=1S/C18H19N5O3S2/c1-10-11(2)28-16(14(10)17(25)26-4)20-13(24)9-27-18-22-21-15(23(18)3)12-5-7-19-8-6-12/h5-8H,9H2,1-4H3,(H,20,24). The number of aromatic nitrogens is 4. The SMILES string of the molecule is COC(=O)c1c(NC(=O)CSc2nnc(-c3ccncc3)n2C)sc(C)c1C. The zero-order valence-electron chi connectivity index (χ0n) is 15.8. The summed E-state index contributed by atoms with van der Waals surface area (Å²) in [6.07, 6.45) is 3.38. The number of rotatable bonds is 6. The van der Waals surface area contributed by atoms with Gasteiger partial charge in [-0.2, -0.15) is 0 Å². The first kappa shape index (κ1) is 20.0. The number of carbonyl (C=O) groups excluding carboxylic acids is 2. The van der Waals surface area contributed by atoms with Crippen LogP contribution in [-0.4, -0.2) is 44.5 Å². The number of amides is 1. The van der Waals surface area contributed by atoms with Crippen molar-refractivity contribution in [1.82, 2.24) is 19.7 Å². The van der Waals surface area contributed by atoms with Crippen LogP contribution in [-0.2, 0) is 16.6 Å². The van der Waals surface area contributed by atoms with Crippen molar-refractivity contribution in [1.29, 1.82) is 0 Å². The molecule has 8 nitrogen and oxygen atoms in total. The zero-order chi connectivity index (χ0) is 20.3. The van der Waals surface area contributed by atoms with Gasteiger partial charge in [-0.25, -0.2) is 4.79 Å². The average molecular weight is 418 g/mol. The molecule has 0 saturated carbocycles. The van der Waals surface area contributed by atoms with E-state index in [1.807, 2.05) is 37.6 Å². The number of methoxy groups -OCH3 is 1. The molecule has 0 fully saturated rings. The number of anilines is 1. The van der Waals surface area contributed by atoms with E-state index in [1.165, 1.54) is 30.2 Å². The van der Waals surface area contributed by atoms with Crippen molar-refractivity contribution in [3.63, 3.8) is 0 Å². The van der Waals surface area contributed by atoms with E-state index in [-0.39, 0.29) is 11.7 Å². The molecule has 3 rings (SSSR count). The Labute approximate surface area is 170 Å². The number of hydrogen-bond acceptors (Lipinski definition) is 8. The maximum absolute atomic E-state index is 12.4. The first-order valence-electron chi connectivity index (χ1n) is 8.33. The highest BCUT2D eigenvalue weighted by Gasteiger charge is 2.22. The van der Waals surface area contributed by atoms with E-state index in [4.69, 9.17) is 4.74 Å². The molecule has 3 aromatic rings. The number of esters is 1.